The van der Waals surface area contributed by atoms with Gasteiger partial charge >= 0.3 is 0 Å². The summed E-state index contributed by atoms with van der Waals surface area (Å²) in [5.41, 5.74) is 1.96. The van der Waals surface area contributed by atoms with Gasteiger partial charge in [-0.05, 0) is 41.3 Å². The lowest BCUT2D eigenvalue weighted by Gasteiger charge is -2.19. The van der Waals surface area contributed by atoms with Gasteiger partial charge in [-0.1, -0.05) is 18.2 Å². The number of amides is 2. The third-order valence-corrected chi connectivity index (χ3v) is 4.85. The maximum absolute atomic E-state index is 13.9. The van der Waals surface area contributed by atoms with Gasteiger partial charge in [-0.2, -0.15) is 11.3 Å². The number of hydrogen-bond acceptors (Lipinski definition) is 4. The smallest absolute Gasteiger partial charge is 0.256 e. The van der Waals surface area contributed by atoms with Crippen LogP contribution in [0.2, 0.25) is 0 Å². The Hall–Kier alpha value is -3.19. The van der Waals surface area contributed by atoms with E-state index in [1.54, 1.807) is 48.8 Å². The number of nitrogens with one attached hydrogen (secondary N) is 1. The molecule has 0 saturated heterocycles. The van der Waals surface area contributed by atoms with Crippen LogP contribution in [0.3, 0.4) is 0 Å². The molecule has 0 atom stereocenters. The van der Waals surface area contributed by atoms with E-state index in [0.29, 0.717) is 22.4 Å². The second-order valence-corrected chi connectivity index (χ2v) is 6.92. The molecular formula is C21H19FN2O3S. The van der Waals surface area contributed by atoms with Gasteiger partial charge in [-0.15, -0.1) is 0 Å². The van der Waals surface area contributed by atoms with Crippen molar-refractivity contribution in [3.8, 4) is 5.75 Å². The van der Waals surface area contributed by atoms with Crippen LogP contribution in [0, 0.1) is 5.82 Å². The molecule has 0 spiro atoms. The number of anilines is 1. The Bertz CT molecular complexity index is 989. The highest BCUT2D eigenvalue weighted by Crippen LogP contribution is 2.21. The molecule has 0 bridgehead atoms. The minimum absolute atomic E-state index is 0.152. The maximum atomic E-state index is 13.9. The van der Waals surface area contributed by atoms with Crippen LogP contribution in [-0.2, 0) is 6.54 Å². The molecule has 2 aromatic carbocycles. The predicted octanol–water partition coefficient (Wildman–Crippen LogP) is 4.42. The van der Waals surface area contributed by atoms with Crippen molar-refractivity contribution in [1.82, 2.24) is 4.90 Å². The van der Waals surface area contributed by atoms with Crippen LogP contribution < -0.4 is 10.1 Å². The predicted molar refractivity (Wildman–Crippen MR) is 107 cm³/mol. The van der Waals surface area contributed by atoms with Crippen LogP contribution in [0.1, 0.15) is 26.3 Å². The van der Waals surface area contributed by atoms with E-state index in [9.17, 15) is 14.0 Å². The van der Waals surface area contributed by atoms with Crippen LogP contribution in [0.15, 0.2) is 59.3 Å². The van der Waals surface area contributed by atoms with Gasteiger partial charge in [0.25, 0.3) is 11.8 Å². The Morgan fingerprint density at radius 3 is 2.64 bits per heavy atom. The zero-order valence-corrected chi connectivity index (χ0v) is 16.3. The molecule has 3 aromatic rings. The minimum Gasteiger partial charge on any atom is -0.494 e. The first kappa shape index (κ1) is 19.6. The molecule has 144 valence electrons. The van der Waals surface area contributed by atoms with Crippen LogP contribution >= 0.6 is 11.3 Å². The first-order chi connectivity index (χ1) is 13.5. The first-order valence-electron chi connectivity index (χ1n) is 8.50. The molecular weight excluding hydrogens is 379 g/mol. The minimum atomic E-state index is -0.482. The monoisotopic (exact) mass is 398 g/mol. The zero-order valence-electron chi connectivity index (χ0n) is 15.4. The highest BCUT2D eigenvalue weighted by atomic mass is 32.1. The Morgan fingerprint density at radius 2 is 1.96 bits per heavy atom. The first-order valence-corrected chi connectivity index (χ1v) is 9.44. The van der Waals surface area contributed by atoms with E-state index in [2.05, 4.69) is 5.32 Å². The summed E-state index contributed by atoms with van der Waals surface area (Å²) in [4.78, 5) is 26.7. The van der Waals surface area contributed by atoms with E-state index < -0.39 is 5.82 Å². The summed E-state index contributed by atoms with van der Waals surface area (Å²) in [6.07, 6.45) is 0. The molecule has 0 radical (unpaired) electrons. The molecule has 1 N–H and O–H groups in total. The van der Waals surface area contributed by atoms with Gasteiger partial charge in [-0.25, -0.2) is 4.39 Å². The van der Waals surface area contributed by atoms with Crippen molar-refractivity contribution in [2.45, 2.75) is 6.54 Å². The van der Waals surface area contributed by atoms with Gasteiger partial charge in [0.15, 0.2) is 11.6 Å². The van der Waals surface area contributed by atoms with E-state index in [4.69, 9.17) is 4.74 Å². The third kappa shape index (κ3) is 4.37. The fraction of sp³-hybridized carbons (Fsp3) is 0.143. The molecule has 2 amide bonds. The zero-order chi connectivity index (χ0) is 20.1. The van der Waals surface area contributed by atoms with Crippen molar-refractivity contribution in [2.75, 3.05) is 19.5 Å². The number of benzene rings is 2. The molecule has 0 saturated carbocycles. The highest BCUT2D eigenvalue weighted by molar-refractivity contribution is 7.08. The lowest BCUT2D eigenvalue weighted by molar-refractivity contribution is 0.0786. The molecule has 5 nitrogen and oxygen atoms in total. The quantitative estimate of drug-likeness (QED) is 0.669. The van der Waals surface area contributed by atoms with E-state index in [1.165, 1.54) is 35.5 Å². The van der Waals surface area contributed by atoms with Gasteiger partial charge in [0.2, 0.25) is 0 Å². The van der Waals surface area contributed by atoms with Crippen molar-refractivity contribution >= 4 is 28.8 Å². The van der Waals surface area contributed by atoms with Crippen molar-refractivity contribution in [3.63, 3.8) is 0 Å². The van der Waals surface area contributed by atoms with Crippen LogP contribution in [-0.4, -0.2) is 30.9 Å². The number of halogens is 1. The Morgan fingerprint density at radius 1 is 1.18 bits per heavy atom. The number of carbonyl (C=O) groups excluding carboxylic acids is 2. The Balaban J connectivity index is 1.76. The van der Waals surface area contributed by atoms with Crippen molar-refractivity contribution < 1.29 is 18.7 Å². The van der Waals surface area contributed by atoms with Gasteiger partial charge in [0.1, 0.15) is 0 Å². The van der Waals surface area contributed by atoms with Gasteiger partial charge in [0, 0.05) is 19.0 Å². The van der Waals surface area contributed by atoms with E-state index in [-0.39, 0.29) is 24.1 Å². The van der Waals surface area contributed by atoms with E-state index in [0.717, 1.165) is 0 Å². The number of hydrogen-bond donors (Lipinski definition) is 1. The summed E-state index contributed by atoms with van der Waals surface area (Å²) in [7, 11) is 3.02. The SMILES string of the molecule is COc1ccc(CN(C)C(=O)c2ccccc2NC(=O)c2ccsc2)cc1F. The summed E-state index contributed by atoms with van der Waals surface area (Å²) in [5, 5.41) is 6.33. The molecule has 1 aromatic heterocycles. The van der Waals surface area contributed by atoms with E-state index >= 15 is 0 Å². The number of rotatable bonds is 6. The number of nitrogens with zero attached hydrogens (tertiary/aromatic N) is 1. The number of ether oxygens (including phenoxy) is 1. The average Bonchev–Trinajstić information content (AvgIpc) is 3.23. The molecule has 1 heterocycles. The third-order valence-electron chi connectivity index (χ3n) is 4.17. The number of carbonyl (C=O) groups is 2. The molecule has 0 fully saturated rings. The van der Waals surface area contributed by atoms with Crippen LogP contribution in [0.25, 0.3) is 0 Å². The van der Waals surface area contributed by atoms with Gasteiger partial charge in [0.05, 0.1) is 23.9 Å². The lowest BCUT2D eigenvalue weighted by Crippen LogP contribution is -2.27. The molecule has 0 unspecified atom stereocenters. The summed E-state index contributed by atoms with van der Waals surface area (Å²) < 4.78 is 18.8. The fourth-order valence-corrected chi connectivity index (χ4v) is 3.36. The van der Waals surface area contributed by atoms with Crippen molar-refractivity contribution in [3.05, 3.63) is 81.8 Å². The van der Waals surface area contributed by atoms with Crippen LogP contribution in [0.5, 0.6) is 5.75 Å². The Kier molecular flexibility index (Phi) is 6.06. The highest BCUT2D eigenvalue weighted by Gasteiger charge is 2.18. The number of methoxy groups -OCH3 is 1. The largest absolute Gasteiger partial charge is 0.494 e. The number of thiophene rings is 1. The van der Waals surface area contributed by atoms with E-state index in [1.807, 2.05) is 5.38 Å². The topological polar surface area (TPSA) is 58.6 Å². The second-order valence-electron chi connectivity index (χ2n) is 6.14. The average molecular weight is 398 g/mol. The lowest BCUT2D eigenvalue weighted by atomic mass is 10.1. The second kappa shape index (κ2) is 8.67. The molecule has 3 rings (SSSR count). The molecule has 7 heteroatoms. The summed E-state index contributed by atoms with van der Waals surface area (Å²) >= 11 is 1.42. The molecule has 0 aliphatic carbocycles. The maximum Gasteiger partial charge on any atom is 0.256 e. The molecule has 0 aliphatic rings. The summed E-state index contributed by atoms with van der Waals surface area (Å²) in [5.74, 6) is -0.887. The Labute approximate surface area is 166 Å². The molecule has 0 aliphatic heterocycles. The standard InChI is InChI=1S/C21H19FN2O3S/c1-24(12-14-7-8-19(27-2)17(22)11-14)21(26)16-5-3-4-6-18(16)23-20(25)15-9-10-28-13-15/h3-11,13H,12H2,1-2H3,(H,23,25). The number of para-hydroxylation sites is 1. The fourth-order valence-electron chi connectivity index (χ4n) is 2.73. The molecule has 28 heavy (non-hydrogen) atoms. The summed E-state index contributed by atoms with van der Waals surface area (Å²) in [6, 6.07) is 13.1. The van der Waals surface area contributed by atoms with Crippen molar-refractivity contribution in [2.24, 2.45) is 0 Å². The summed E-state index contributed by atoms with van der Waals surface area (Å²) in [6.45, 7) is 0.215. The normalized spacial score (nSPS) is 10.4. The van der Waals surface area contributed by atoms with Crippen LogP contribution in [0.4, 0.5) is 10.1 Å². The van der Waals surface area contributed by atoms with Gasteiger partial charge in [-0.3, -0.25) is 9.59 Å². The van der Waals surface area contributed by atoms with Crippen molar-refractivity contribution in [1.29, 1.82) is 0 Å². The van der Waals surface area contributed by atoms with Gasteiger partial charge < -0.3 is 15.0 Å².